The molecule has 1 N–H and O–H groups in total. The van der Waals surface area contributed by atoms with Gasteiger partial charge in [0.15, 0.2) is 0 Å². The first-order valence-corrected chi connectivity index (χ1v) is 9.76. The highest BCUT2D eigenvalue weighted by molar-refractivity contribution is 5.88. The fraction of sp³-hybridized carbons (Fsp3) is 0.619. The molecule has 1 saturated heterocycles. The predicted octanol–water partition coefficient (Wildman–Crippen LogP) is 4.64. The molecule has 2 heterocycles. The van der Waals surface area contributed by atoms with Crippen molar-refractivity contribution in [2.45, 2.75) is 58.1 Å². The van der Waals surface area contributed by atoms with E-state index in [0.717, 1.165) is 24.1 Å². The minimum atomic E-state index is 0.458. The topological polar surface area (TPSA) is 28.3 Å². The molecule has 0 amide bonds. The Hall–Kier alpha value is -1.48. The molecular formula is C21H28N2O. The van der Waals surface area contributed by atoms with Gasteiger partial charge in [0.25, 0.3) is 0 Å². The van der Waals surface area contributed by atoms with E-state index in [1.165, 1.54) is 73.6 Å². The zero-order valence-corrected chi connectivity index (χ0v) is 14.7. The van der Waals surface area contributed by atoms with E-state index in [-0.39, 0.29) is 0 Å². The molecule has 0 radical (unpaired) electrons. The number of rotatable bonds is 5. The van der Waals surface area contributed by atoms with Crippen molar-refractivity contribution in [2.24, 2.45) is 11.8 Å². The average Bonchev–Trinajstić information content (AvgIpc) is 3.51. The Morgan fingerprint density at radius 2 is 1.83 bits per heavy atom. The highest BCUT2D eigenvalue weighted by Crippen LogP contribution is 2.42. The van der Waals surface area contributed by atoms with Gasteiger partial charge in [0.1, 0.15) is 5.75 Å². The summed E-state index contributed by atoms with van der Waals surface area (Å²) in [6, 6.07) is 4.48. The summed E-state index contributed by atoms with van der Waals surface area (Å²) in [5, 5.41) is 1.36. The fourth-order valence-electron chi connectivity index (χ4n) is 4.44. The quantitative estimate of drug-likeness (QED) is 0.868. The Morgan fingerprint density at radius 3 is 2.54 bits per heavy atom. The van der Waals surface area contributed by atoms with Crippen LogP contribution in [0.2, 0.25) is 0 Å². The van der Waals surface area contributed by atoms with Crippen molar-refractivity contribution in [3.05, 3.63) is 29.5 Å². The second-order valence-electron chi connectivity index (χ2n) is 8.20. The third kappa shape index (κ3) is 2.83. The fourth-order valence-corrected chi connectivity index (χ4v) is 4.44. The molecule has 1 aromatic heterocycles. The molecule has 3 aliphatic rings. The largest absolute Gasteiger partial charge is 0.490 e. The number of fused-ring (bicyclic) bond motifs is 1. The van der Waals surface area contributed by atoms with Gasteiger partial charge in [-0.2, -0.15) is 0 Å². The molecule has 2 aliphatic carbocycles. The van der Waals surface area contributed by atoms with Crippen molar-refractivity contribution in [3.63, 3.8) is 0 Å². The molecular weight excluding hydrogens is 296 g/mol. The van der Waals surface area contributed by atoms with Crippen LogP contribution in [-0.4, -0.2) is 29.1 Å². The summed E-state index contributed by atoms with van der Waals surface area (Å²) in [4.78, 5) is 6.07. The van der Waals surface area contributed by atoms with Gasteiger partial charge < -0.3 is 9.72 Å². The van der Waals surface area contributed by atoms with Crippen LogP contribution >= 0.6 is 0 Å². The van der Waals surface area contributed by atoms with Crippen molar-refractivity contribution in [1.82, 2.24) is 9.88 Å². The van der Waals surface area contributed by atoms with Crippen LogP contribution in [0.1, 0.15) is 49.7 Å². The van der Waals surface area contributed by atoms with Crippen LogP contribution in [0.25, 0.3) is 10.9 Å². The van der Waals surface area contributed by atoms with E-state index in [9.17, 15) is 0 Å². The number of H-pyrrole nitrogens is 1. The van der Waals surface area contributed by atoms with Crippen LogP contribution in [0.3, 0.4) is 0 Å². The molecule has 3 nitrogen and oxygen atoms in total. The Kier molecular flexibility index (Phi) is 3.58. The summed E-state index contributed by atoms with van der Waals surface area (Å²) in [6.45, 7) is 5.73. The lowest BCUT2D eigenvalue weighted by atomic mass is 9.91. The van der Waals surface area contributed by atoms with E-state index < -0.39 is 0 Å². The highest BCUT2D eigenvalue weighted by atomic mass is 16.5. The molecule has 0 bridgehead atoms. The number of aryl methyl sites for hydroxylation is 1. The standard InChI is InChI=1S/C21H28N2O/c1-14-12-20(24-17-4-5-17)19(18-6-9-22-21(14)18)13-23-10-7-16(8-11-23)15-2-3-15/h6,9,12,15-17,22H,2-5,7-8,10-11,13H2,1H3. The van der Waals surface area contributed by atoms with E-state index in [2.05, 4.69) is 35.1 Å². The zero-order valence-electron chi connectivity index (χ0n) is 14.7. The van der Waals surface area contributed by atoms with E-state index in [4.69, 9.17) is 4.74 Å². The summed E-state index contributed by atoms with van der Waals surface area (Å²) < 4.78 is 6.29. The Balaban J connectivity index is 1.40. The molecule has 0 atom stereocenters. The molecule has 3 fully saturated rings. The summed E-state index contributed by atoms with van der Waals surface area (Å²) in [5.41, 5.74) is 3.97. The Bertz CT molecular complexity index is 734. The maximum Gasteiger partial charge on any atom is 0.125 e. The van der Waals surface area contributed by atoms with Crippen LogP contribution < -0.4 is 4.74 Å². The monoisotopic (exact) mass is 324 g/mol. The normalized spacial score (nSPS) is 23.0. The number of piperidine rings is 1. The molecule has 24 heavy (non-hydrogen) atoms. The van der Waals surface area contributed by atoms with Gasteiger partial charge in [0.2, 0.25) is 0 Å². The SMILES string of the molecule is Cc1cc(OC2CC2)c(CN2CCC(C3CC3)CC2)c2cc[nH]c12. The van der Waals surface area contributed by atoms with E-state index in [1.54, 1.807) is 0 Å². The van der Waals surface area contributed by atoms with Gasteiger partial charge in [-0.05, 0) is 88.1 Å². The maximum absolute atomic E-state index is 6.29. The van der Waals surface area contributed by atoms with E-state index in [1.807, 2.05) is 0 Å². The number of nitrogens with zero attached hydrogens (tertiary/aromatic N) is 1. The molecule has 0 unspecified atom stereocenters. The Morgan fingerprint density at radius 1 is 1.08 bits per heavy atom. The number of hydrogen-bond donors (Lipinski definition) is 1. The number of ether oxygens (including phenoxy) is 1. The molecule has 128 valence electrons. The van der Waals surface area contributed by atoms with E-state index >= 15 is 0 Å². The van der Waals surface area contributed by atoms with Gasteiger partial charge in [-0.3, -0.25) is 4.90 Å². The van der Waals surface area contributed by atoms with E-state index in [0.29, 0.717) is 6.10 Å². The third-order valence-corrected chi connectivity index (χ3v) is 6.23. The molecule has 3 heteroatoms. The third-order valence-electron chi connectivity index (χ3n) is 6.23. The smallest absolute Gasteiger partial charge is 0.125 e. The predicted molar refractivity (Wildman–Crippen MR) is 97.4 cm³/mol. The lowest BCUT2D eigenvalue weighted by molar-refractivity contribution is 0.164. The Labute approximate surface area is 144 Å². The van der Waals surface area contributed by atoms with Gasteiger partial charge in [-0.1, -0.05) is 0 Å². The molecule has 2 aromatic rings. The molecule has 0 spiro atoms. The number of benzene rings is 1. The summed E-state index contributed by atoms with van der Waals surface area (Å²) in [7, 11) is 0. The lowest BCUT2D eigenvalue weighted by Crippen LogP contribution is -2.34. The van der Waals surface area contributed by atoms with Crippen molar-refractivity contribution >= 4 is 10.9 Å². The van der Waals surface area contributed by atoms with Gasteiger partial charge in [-0.15, -0.1) is 0 Å². The van der Waals surface area contributed by atoms with Crippen LogP contribution in [-0.2, 0) is 6.54 Å². The van der Waals surface area contributed by atoms with Crippen LogP contribution in [0.5, 0.6) is 5.75 Å². The van der Waals surface area contributed by atoms with Crippen LogP contribution in [0.4, 0.5) is 0 Å². The van der Waals surface area contributed by atoms with Gasteiger partial charge >= 0.3 is 0 Å². The average molecular weight is 324 g/mol. The maximum atomic E-state index is 6.29. The van der Waals surface area contributed by atoms with Crippen LogP contribution in [0, 0.1) is 18.8 Å². The second kappa shape index (κ2) is 5.80. The van der Waals surface area contributed by atoms with Gasteiger partial charge in [0, 0.05) is 29.2 Å². The number of aromatic amines is 1. The summed E-state index contributed by atoms with van der Waals surface area (Å²) >= 11 is 0. The molecule has 1 aromatic carbocycles. The second-order valence-corrected chi connectivity index (χ2v) is 8.20. The minimum Gasteiger partial charge on any atom is -0.490 e. The number of aromatic nitrogens is 1. The first-order valence-electron chi connectivity index (χ1n) is 9.76. The number of hydrogen-bond acceptors (Lipinski definition) is 2. The molecule has 1 aliphatic heterocycles. The van der Waals surface area contributed by atoms with Crippen molar-refractivity contribution < 1.29 is 4.74 Å². The summed E-state index contributed by atoms with van der Waals surface area (Å²) in [6.07, 6.45) is 10.7. The molecule has 2 saturated carbocycles. The molecule has 5 rings (SSSR count). The summed E-state index contributed by atoms with van der Waals surface area (Å²) in [5.74, 6) is 3.21. The van der Waals surface area contributed by atoms with Crippen LogP contribution in [0.15, 0.2) is 18.3 Å². The van der Waals surface area contributed by atoms with Gasteiger partial charge in [-0.25, -0.2) is 0 Å². The lowest BCUT2D eigenvalue weighted by Gasteiger charge is -2.32. The number of likely N-dealkylation sites (tertiary alicyclic amines) is 1. The van der Waals surface area contributed by atoms with Crippen molar-refractivity contribution in [1.29, 1.82) is 0 Å². The minimum absolute atomic E-state index is 0.458. The number of nitrogens with one attached hydrogen (secondary N) is 1. The first kappa shape index (κ1) is 14.8. The van der Waals surface area contributed by atoms with Crippen molar-refractivity contribution in [3.8, 4) is 5.75 Å². The van der Waals surface area contributed by atoms with Gasteiger partial charge in [0.05, 0.1) is 6.10 Å². The first-order chi connectivity index (χ1) is 11.8. The zero-order chi connectivity index (χ0) is 16.1. The van der Waals surface area contributed by atoms with Crippen molar-refractivity contribution in [2.75, 3.05) is 13.1 Å². The highest BCUT2D eigenvalue weighted by Gasteiger charge is 2.33.